The Morgan fingerprint density at radius 3 is 2.50 bits per heavy atom. The van der Waals surface area contributed by atoms with Crippen molar-refractivity contribution in [3.05, 3.63) is 34.9 Å². The molecule has 0 saturated carbocycles. The van der Waals surface area contributed by atoms with Crippen LogP contribution in [0.2, 0.25) is 5.02 Å². The zero-order valence-corrected chi connectivity index (χ0v) is 10.2. The van der Waals surface area contributed by atoms with Crippen molar-refractivity contribution in [1.82, 2.24) is 5.01 Å². The maximum Gasteiger partial charge on any atom is 0.267 e. The number of unbranched alkanes of at least 4 members (excludes halogenated alkanes) is 2. The second-order valence-corrected chi connectivity index (χ2v) is 4.15. The summed E-state index contributed by atoms with van der Waals surface area (Å²) in [6, 6.07) is 6.75. The lowest BCUT2D eigenvalue weighted by Crippen LogP contribution is -2.38. The molecule has 0 unspecified atom stereocenters. The molecule has 3 nitrogen and oxygen atoms in total. The SMILES string of the molecule is CCCCCN(N)C(=O)c1ccc(Cl)cc1. The Labute approximate surface area is 101 Å². The number of carbonyl (C=O) groups is 1. The Balaban J connectivity index is 2.53. The van der Waals surface area contributed by atoms with Gasteiger partial charge in [-0.1, -0.05) is 31.4 Å². The molecule has 1 rings (SSSR count). The van der Waals surface area contributed by atoms with Crippen LogP contribution in [-0.4, -0.2) is 17.5 Å². The lowest BCUT2D eigenvalue weighted by atomic mass is 10.2. The van der Waals surface area contributed by atoms with Gasteiger partial charge in [-0.2, -0.15) is 0 Å². The smallest absolute Gasteiger partial charge is 0.267 e. The van der Waals surface area contributed by atoms with Crippen LogP contribution in [0.15, 0.2) is 24.3 Å². The monoisotopic (exact) mass is 240 g/mol. The quantitative estimate of drug-likeness (QED) is 0.372. The summed E-state index contributed by atoms with van der Waals surface area (Å²) in [5.41, 5.74) is 0.573. The van der Waals surface area contributed by atoms with Gasteiger partial charge in [-0.3, -0.25) is 9.80 Å². The second kappa shape index (κ2) is 6.51. The second-order valence-electron chi connectivity index (χ2n) is 3.71. The van der Waals surface area contributed by atoms with Crippen LogP contribution in [0.5, 0.6) is 0 Å². The van der Waals surface area contributed by atoms with Crippen LogP contribution in [0.4, 0.5) is 0 Å². The van der Waals surface area contributed by atoms with E-state index in [0.29, 0.717) is 17.1 Å². The van der Waals surface area contributed by atoms with E-state index in [4.69, 9.17) is 17.4 Å². The summed E-state index contributed by atoms with van der Waals surface area (Å²) in [7, 11) is 0. The highest BCUT2D eigenvalue weighted by Crippen LogP contribution is 2.10. The van der Waals surface area contributed by atoms with E-state index >= 15 is 0 Å². The molecule has 0 spiro atoms. The van der Waals surface area contributed by atoms with E-state index in [2.05, 4.69) is 6.92 Å². The number of nitrogens with two attached hydrogens (primary N) is 1. The average Bonchev–Trinajstić information content (AvgIpc) is 2.29. The molecule has 0 radical (unpaired) electrons. The molecule has 88 valence electrons. The first-order chi connectivity index (χ1) is 7.65. The normalized spacial score (nSPS) is 10.2. The molecule has 0 aliphatic rings. The van der Waals surface area contributed by atoms with E-state index in [1.807, 2.05) is 0 Å². The van der Waals surface area contributed by atoms with Gasteiger partial charge in [0.2, 0.25) is 0 Å². The predicted molar refractivity (Wildman–Crippen MR) is 66.2 cm³/mol. The summed E-state index contributed by atoms with van der Waals surface area (Å²) in [5, 5.41) is 1.88. The zero-order valence-electron chi connectivity index (χ0n) is 9.45. The molecule has 4 heteroatoms. The molecule has 0 aromatic heterocycles. The van der Waals surface area contributed by atoms with Gasteiger partial charge in [-0.25, -0.2) is 5.84 Å². The maximum atomic E-state index is 11.8. The van der Waals surface area contributed by atoms with Crippen LogP contribution in [0.25, 0.3) is 0 Å². The van der Waals surface area contributed by atoms with Crippen LogP contribution in [-0.2, 0) is 0 Å². The summed E-state index contributed by atoms with van der Waals surface area (Å²) < 4.78 is 0. The van der Waals surface area contributed by atoms with E-state index in [-0.39, 0.29) is 5.91 Å². The van der Waals surface area contributed by atoms with Crippen LogP contribution in [0.3, 0.4) is 0 Å². The molecular weight excluding hydrogens is 224 g/mol. The average molecular weight is 241 g/mol. The van der Waals surface area contributed by atoms with Crippen molar-refractivity contribution in [2.45, 2.75) is 26.2 Å². The molecule has 16 heavy (non-hydrogen) atoms. The van der Waals surface area contributed by atoms with Gasteiger partial charge in [-0.05, 0) is 30.7 Å². The fraction of sp³-hybridized carbons (Fsp3) is 0.417. The number of carbonyl (C=O) groups excluding carboxylic acids is 1. The molecule has 1 aromatic carbocycles. The van der Waals surface area contributed by atoms with E-state index in [1.165, 1.54) is 5.01 Å². The van der Waals surface area contributed by atoms with Gasteiger partial charge < -0.3 is 0 Å². The number of hydrogen-bond acceptors (Lipinski definition) is 2. The summed E-state index contributed by atoms with van der Waals surface area (Å²) in [5.74, 6) is 5.52. The van der Waals surface area contributed by atoms with E-state index in [0.717, 1.165) is 19.3 Å². The number of benzene rings is 1. The number of hydrazine groups is 1. The van der Waals surface area contributed by atoms with Gasteiger partial charge in [0, 0.05) is 17.1 Å². The molecule has 0 fully saturated rings. The van der Waals surface area contributed by atoms with E-state index in [9.17, 15) is 4.79 Å². The van der Waals surface area contributed by atoms with E-state index < -0.39 is 0 Å². The molecule has 1 amide bonds. The van der Waals surface area contributed by atoms with Gasteiger partial charge >= 0.3 is 0 Å². The number of rotatable bonds is 5. The van der Waals surface area contributed by atoms with Gasteiger partial charge in [0.1, 0.15) is 0 Å². The molecule has 0 aliphatic heterocycles. The Bertz CT molecular complexity index is 337. The van der Waals surface area contributed by atoms with Crippen molar-refractivity contribution in [1.29, 1.82) is 0 Å². The van der Waals surface area contributed by atoms with Crippen LogP contribution in [0, 0.1) is 0 Å². The lowest BCUT2D eigenvalue weighted by Gasteiger charge is -2.16. The summed E-state index contributed by atoms with van der Waals surface area (Å²) >= 11 is 5.74. The fourth-order valence-electron chi connectivity index (χ4n) is 1.39. The first-order valence-corrected chi connectivity index (χ1v) is 5.85. The summed E-state index contributed by atoms with van der Waals surface area (Å²) in [6.45, 7) is 2.71. The Morgan fingerprint density at radius 1 is 1.31 bits per heavy atom. The van der Waals surface area contributed by atoms with Crippen molar-refractivity contribution < 1.29 is 4.79 Å². The van der Waals surface area contributed by atoms with Crippen LogP contribution < -0.4 is 5.84 Å². The van der Waals surface area contributed by atoms with Crippen molar-refractivity contribution >= 4 is 17.5 Å². The minimum Gasteiger partial charge on any atom is -0.277 e. The van der Waals surface area contributed by atoms with Crippen LogP contribution in [0.1, 0.15) is 36.5 Å². The Morgan fingerprint density at radius 2 is 1.94 bits per heavy atom. The molecule has 0 saturated heterocycles. The molecule has 1 aromatic rings. The highest BCUT2D eigenvalue weighted by molar-refractivity contribution is 6.30. The lowest BCUT2D eigenvalue weighted by molar-refractivity contribution is 0.0752. The molecule has 0 aliphatic carbocycles. The first kappa shape index (κ1) is 13.0. The maximum absolute atomic E-state index is 11.8. The third-order valence-electron chi connectivity index (χ3n) is 2.35. The topological polar surface area (TPSA) is 46.3 Å². The van der Waals surface area contributed by atoms with E-state index in [1.54, 1.807) is 24.3 Å². The number of nitrogens with zero attached hydrogens (tertiary/aromatic N) is 1. The van der Waals surface area contributed by atoms with Gasteiger partial charge in [-0.15, -0.1) is 0 Å². The van der Waals surface area contributed by atoms with Gasteiger partial charge in [0.05, 0.1) is 0 Å². The third-order valence-corrected chi connectivity index (χ3v) is 2.61. The van der Waals surface area contributed by atoms with Crippen molar-refractivity contribution in [2.24, 2.45) is 5.84 Å². The largest absolute Gasteiger partial charge is 0.277 e. The summed E-state index contributed by atoms with van der Waals surface area (Å²) in [4.78, 5) is 11.8. The highest BCUT2D eigenvalue weighted by Gasteiger charge is 2.11. The molecule has 2 N–H and O–H groups in total. The number of hydrogen-bond donors (Lipinski definition) is 1. The van der Waals surface area contributed by atoms with Crippen molar-refractivity contribution in [3.8, 4) is 0 Å². The standard InChI is InChI=1S/C12H17ClN2O/c1-2-3-4-9-15(14)12(16)10-5-7-11(13)8-6-10/h5-8H,2-4,9,14H2,1H3. The zero-order chi connectivity index (χ0) is 12.0. The predicted octanol–water partition coefficient (Wildman–Crippen LogP) is 2.85. The van der Waals surface area contributed by atoms with Crippen molar-refractivity contribution in [3.63, 3.8) is 0 Å². The number of halogens is 1. The molecule has 0 atom stereocenters. The molecule has 0 bridgehead atoms. The Kier molecular flexibility index (Phi) is 5.29. The van der Waals surface area contributed by atoms with Gasteiger partial charge in [0.25, 0.3) is 5.91 Å². The fourth-order valence-corrected chi connectivity index (χ4v) is 1.52. The third kappa shape index (κ3) is 3.83. The van der Waals surface area contributed by atoms with Gasteiger partial charge in [0.15, 0.2) is 0 Å². The minimum absolute atomic E-state index is 0.159. The number of amides is 1. The Hall–Kier alpha value is -1.06. The highest BCUT2D eigenvalue weighted by atomic mass is 35.5. The summed E-state index contributed by atoms with van der Waals surface area (Å²) in [6.07, 6.45) is 3.14. The molecular formula is C12H17ClN2O. The molecule has 0 heterocycles. The first-order valence-electron chi connectivity index (χ1n) is 5.47. The van der Waals surface area contributed by atoms with Crippen LogP contribution >= 0.6 is 11.6 Å². The minimum atomic E-state index is -0.159. The van der Waals surface area contributed by atoms with Crippen molar-refractivity contribution in [2.75, 3.05) is 6.54 Å².